The van der Waals surface area contributed by atoms with Crippen molar-refractivity contribution < 1.29 is 14.2 Å². The van der Waals surface area contributed by atoms with Crippen molar-refractivity contribution in [3.05, 3.63) is 23.8 Å². The lowest BCUT2D eigenvalue weighted by Crippen LogP contribution is -2.16. The fraction of sp³-hybridized carbons (Fsp3) is 0.500. The summed E-state index contributed by atoms with van der Waals surface area (Å²) >= 11 is 0. The molecule has 0 saturated carbocycles. The zero-order valence-electron chi connectivity index (χ0n) is 10.0. The number of hydrogen-bond acceptors (Lipinski definition) is 4. The zero-order chi connectivity index (χ0) is 12.0. The van der Waals surface area contributed by atoms with Crippen LogP contribution >= 0.6 is 0 Å². The predicted molar refractivity (Wildman–Crippen MR) is 63.0 cm³/mol. The fourth-order valence-corrected chi connectivity index (χ4v) is 1.58. The second kappa shape index (κ2) is 6.35. The van der Waals surface area contributed by atoms with Gasteiger partial charge in [-0.15, -0.1) is 0 Å². The average molecular weight is 225 g/mol. The van der Waals surface area contributed by atoms with Crippen molar-refractivity contribution in [3.8, 4) is 11.5 Å². The third kappa shape index (κ3) is 2.87. The van der Waals surface area contributed by atoms with Gasteiger partial charge in [0.2, 0.25) is 0 Å². The zero-order valence-corrected chi connectivity index (χ0v) is 10.0. The Hall–Kier alpha value is -1.26. The molecule has 4 heteroatoms. The Morgan fingerprint density at radius 3 is 2.50 bits per heavy atom. The third-order valence-corrected chi connectivity index (χ3v) is 2.37. The Balaban J connectivity index is 3.05. The highest BCUT2D eigenvalue weighted by atomic mass is 16.5. The summed E-state index contributed by atoms with van der Waals surface area (Å²) in [6.45, 7) is 2.97. The molecule has 0 fully saturated rings. The number of rotatable bonds is 6. The van der Waals surface area contributed by atoms with E-state index in [1.807, 2.05) is 25.1 Å². The molecule has 0 aliphatic heterocycles. The maximum absolute atomic E-state index is 5.68. The molecule has 90 valence electrons. The van der Waals surface area contributed by atoms with Gasteiger partial charge in [-0.2, -0.15) is 0 Å². The van der Waals surface area contributed by atoms with Crippen LogP contribution in [0.2, 0.25) is 0 Å². The summed E-state index contributed by atoms with van der Waals surface area (Å²) in [5.74, 6) is 1.54. The average Bonchev–Trinajstić information content (AvgIpc) is 2.35. The van der Waals surface area contributed by atoms with Crippen molar-refractivity contribution >= 4 is 0 Å². The first kappa shape index (κ1) is 12.8. The van der Waals surface area contributed by atoms with E-state index < -0.39 is 0 Å². The third-order valence-electron chi connectivity index (χ3n) is 2.37. The van der Waals surface area contributed by atoms with E-state index in [1.165, 1.54) is 0 Å². The molecule has 1 aromatic carbocycles. The molecule has 16 heavy (non-hydrogen) atoms. The van der Waals surface area contributed by atoms with Gasteiger partial charge >= 0.3 is 0 Å². The first-order valence-electron chi connectivity index (χ1n) is 5.30. The summed E-state index contributed by atoms with van der Waals surface area (Å²) in [5.41, 5.74) is 6.61. The van der Waals surface area contributed by atoms with Crippen LogP contribution in [0.15, 0.2) is 18.2 Å². The Kier molecular flexibility index (Phi) is 5.08. The lowest BCUT2D eigenvalue weighted by Gasteiger charge is -2.18. The highest BCUT2D eigenvalue weighted by Gasteiger charge is 2.15. The fourth-order valence-electron chi connectivity index (χ4n) is 1.58. The minimum atomic E-state index is -0.157. The quantitative estimate of drug-likeness (QED) is 0.801. The maximum Gasteiger partial charge on any atom is 0.124 e. The van der Waals surface area contributed by atoms with Crippen molar-refractivity contribution in [2.75, 3.05) is 27.4 Å². The van der Waals surface area contributed by atoms with Gasteiger partial charge in [0.15, 0.2) is 0 Å². The second-order valence-corrected chi connectivity index (χ2v) is 3.29. The lowest BCUT2D eigenvalue weighted by atomic mass is 10.1. The molecule has 1 rings (SSSR count). The number of hydrogen-bond donors (Lipinski definition) is 1. The Morgan fingerprint density at radius 1 is 1.25 bits per heavy atom. The van der Waals surface area contributed by atoms with Gasteiger partial charge in [-0.3, -0.25) is 0 Å². The number of methoxy groups -OCH3 is 2. The predicted octanol–water partition coefficient (Wildman–Crippen LogP) is 1.74. The minimum absolute atomic E-state index is 0.157. The van der Waals surface area contributed by atoms with Crippen LogP contribution < -0.4 is 15.2 Å². The lowest BCUT2D eigenvalue weighted by molar-refractivity contribution is 0.0668. The van der Waals surface area contributed by atoms with Gasteiger partial charge in [0, 0.05) is 18.7 Å². The molecule has 0 bridgehead atoms. The molecule has 0 saturated heterocycles. The maximum atomic E-state index is 5.68. The van der Waals surface area contributed by atoms with E-state index in [9.17, 15) is 0 Å². The summed E-state index contributed by atoms with van der Waals surface area (Å²) in [4.78, 5) is 0. The molecule has 2 N–H and O–H groups in total. The second-order valence-electron chi connectivity index (χ2n) is 3.29. The summed E-state index contributed by atoms with van der Waals surface area (Å²) in [6.07, 6.45) is -0.157. The number of benzene rings is 1. The molecule has 1 aromatic rings. The van der Waals surface area contributed by atoms with Gasteiger partial charge in [-0.05, 0) is 25.1 Å². The van der Waals surface area contributed by atoms with E-state index in [2.05, 4.69) is 0 Å². The summed E-state index contributed by atoms with van der Waals surface area (Å²) < 4.78 is 16.0. The molecular formula is C12H19NO3. The summed E-state index contributed by atoms with van der Waals surface area (Å²) in [7, 11) is 3.26. The molecule has 0 aliphatic carbocycles. The van der Waals surface area contributed by atoms with Crippen LogP contribution in [0.4, 0.5) is 0 Å². The molecule has 0 spiro atoms. The van der Waals surface area contributed by atoms with Crippen LogP contribution in [0.25, 0.3) is 0 Å². The van der Waals surface area contributed by atoms with Gasteiger partial charge in [0.1, 0.15) is 11.5 Å². The van der Waals surface area contributed by atoms with Gasteiger partial charge in [-0.25, -0.2) is 0 Å². The van der Waals surface area contributed by atoms with E-state index in [4.69, 9.17) is 19.9 Å². The van der Waals surface area contributed by atoms with Gasteiger partial charge in [0.05, 0.1) is 20.3 Å². The van der Waals surface area contributed by atoms with Crippen LogP contribution in [0, 0.1) is 0 Å². The van der Waals surface area contributed by atoms with Crippen LogP contribution in [-0.2, 0) is 4.74 Å². The summed E-state index contributed by atoms with van der Waals surface area (Å²) in [5, 5.41) is 0. The standard InChI is InChI=1S/C12H19NO3/c1-4-16-12(8-13)10-7-9(14-2)5-6-11(10)15-3/h5-7,12H,4,8,13H2,1-3H3. The van der Waals surface area contributed by atoms with Gasteiger partial charge < -0.3 is 19.9 Å². The number of nitrogens with two attached hydrogens (primary N) is 1. The summed E-state index contributed by atoms with van der Waals surface area (Å²) in [6, 6.07) is 5.60. The van der Waals surface area contributed by atoms with Crippen molar-refractivity contribution in [2.45, 2.75) is 13.0 Å². The van der Waals surface area contributed by atoms with Crippen LogP contribution in [0.5, 0.6) is 11.5 Å². The Bertz CT molecular complexity index is 328. The first-order chi connectivity index (χ1) is 7.76. The smallest absolute Gasteiger partial charge is 0.124 e. The molecule has 1 atom stereocenters. The molecule has 0 amide bonds. The van der Waals surface area contributed by atoms with E-state index >= 15 is 0 Å². The SMILES string of the molecule is CCOC(CN)c1cc(OC)ccc1OC. The minimum Gasteiger partial charge on any atom is -0.497 e. The molecular weight excluding hydrogens is 206 g/mol. The molecule has 0 aromatic heterocycles. The molecule has 1 unspecified atom stereocenters. The van der Waals surface area contributed by atoms with Crippen molar-refractivity contribution in [1.82, 2.24) is 0 Å². The highest BCUT2D eigenvalue weighted by Crippen LogP contribution is 2.30. The number of ether oxygens (including phenoxy) is 3. The van der Waals surface area contributed by atoms with Crippen LogP contribution in [0.1, 0.15) is 18.6 Å². The van der Waals surface area contributed by atoms with Crippen molar-refractivity contribution in [3.63, 3.8) is 0 Å². The first-order valence-corrected chi connectivity index (χ1v) is 5.30. The largest absolute Gasteiger partial charge is 0.497 e. The van der Waals surface area contributed by atoms with Gasteiger partial charge in [-0.1, -0.05) is 0 Å². The highest BCUT2D eigenvalue weighted by molar-refractivity contribution is 5.41. The Morgan fingerprint density at radius 2 is 2.00 bits per heavy atom. The normalized spacial score (nSPS) is 12.2. The van der Waals surface area contributed by atoms with E-state index in [1.54, 1.807) is 14.2 Å². The van der Waals surface area contributed by atoms with E-state index in [0.717, 1.165) is 17.1 Å². The van der Waals surface area contributed by atoms with E-state index in [-0.39, 0.29) is 6.10 Å². The monoisotopic (exact) mass is 225 g/mol. The molecule has 4 nitrogen and oxygen atoms in total. The topological polar surface area (TPSA) is 53.7 Å². The van der Waals surface area contributed by atoms with Crippen molar-refractivity contribution in [2.24, 2.45) is 5.73 Å². The molecule has 0 radical (unpaired) electrons. The van der Waals surface area contributed by atoms with Crippen LogP contribution in [-0.4, -0.2) is 27.4 Å². The van der Waals surface area contributed by atoms with E-state index in [0.29, 0.717) is 13.2 Å². The molecule has 0 heterocycles. The van der Waals surface area contributed by atoms with Gasteiger partial charge in [0.25, 0.3) is 0 Å². The molecule has 0 aliphatic rings. The Labute approximate surface area is 96.3 Å². The van der Waals surface area contributed by atoms with Crippen molar-refractivity contribution in [1.29, 1.82) is 0 Å². The van der Waals surface area contributed by atoms with Crippen LogP contribution in [0.3, 0.4) is 0 Å².